The number of carbonyl (C=O) groups excluding carboxylic acids is 2. The van der Waals surface area contributed by atoms with Crippen LogP contribution in [0.2, 0.25) is 0 Å². The van der Waals surface area contributed by atoms with Gasteiger partial charge >= 0.3 is 5.97 Å². The summed E-state index contributed by atoms with van der Waals surface area (Å²) in [5, 5.41) is 0. The van der Waals surface area contributed by atoms with E-state index in [-0.39, 0.29) is 18.0 Å². The molecule has 0 saturated carbocycles. The van der Waals surface area contributed by atoms with Crippen molar-refractivity contribution in [3.05, 3.63) is 35.9 Å². The predicted molar refractivity (Wildman–Crippen MR) is 85.1 cm³/mol. The maximum Gasteiger partial charge on any atom is 0.313 e. The molecule has 1 aromatic carbocycles. The van der Waals surface area contributed by atoms with Crippen molar-refractivity contribution in [2.24, 2.45) is 0 Å². The topological polar surface area (TPSA) is 46.6 Å². The van der Waals surface area contributed by atoms with Crippen LogP contribution in [0.1, 0.15) is 44.1 Å². The summed E-state index contributed by atoms with van der Waals surface area (Å²) in [7, 11) is 1.65. The summed E-state index contributed by atoms with van der Waals surface area (Å²) in [4.78, 5) is 25.2. The SMILES string of the molecule is CC(C(=O)OC1CC2CCC(C1)N2[B]C=O)c1ccccc1. The molecule has 2 heterocycles. The van der Waals surface area contributed by atoms with Crippen molar-refractivity contribution in [2.75, 3.05) is 0 Å². The average Bonchev–Trinajstić information content (AvgIpc) is 2.78. The first-order valence-corrected chi connectivity index (χ1v) is 8.00. The first kappa shape index (κ1) is 15.3. The number of carbonyl (C=O) groups is 2. The minimum absolute atomic E-state index is 0.0209. The van der Waals surface area contributed by atoms with E-state index < -0.39 is 0 Å². The summed E-state index contributed by atoms with van der Waals surface area (Å²) in [6.07, 6.45) is 4.65. The molecule has 0 aromatic heterocycles. The Morgan fingerprint density at radius 2 is 1.91 bits per heavy atom. The Kier molecular flexibility index (Phi) is 4.62. The van der Waals surface area contributed by atoms with Gasteiger partial charge < -0.3 is 14.3 Å². The van der Waals surface area contributed by atoms with Gasteiger partial charge in [-0.25, -0.2) is 0 Å². The lowest BCUT2D eigenvalue weighted by molar-refractivity contribution is -0.153. The van der Waals surface area contributed by atoms with Crippen LogP contribution in [0.4, 0.5) is 0 Å². The molecule has 0 aliphatic carbocycles. The third kappa shape index (κ3) is 3.09. The Bertz CT molecular complexity index is 522. The van der Waals surface area contributed by atoms with Gasteiger partial charge in [0.05, 0.1) is 12.1 Å². The molecule has 5 heteroatoms. The third-order valence-electron chi connectivity index (χ3n) is 4.92. The highest BCUT2D eigenvalue weighted by Gasteiger charge is 2.41. The zero-order valence-corrected chi connectivity index (χ0v) is 12.9. The van der Waals surface area contributed by atoms with Gasteiger partial charge in [-0.3, -0.25) is 4.79 Å². The number of esters is 1. The standard InChI is InChI=1S/C17H21BNO3/c1-12(13-5-3-2-4-6-13)17(21)22-16-9-14-7-8-15(10-16)19(14)18-11-20/h2-6,11-12,14-16H,7-10H2,1H3. The van der Waals surface area contributed by atoms with E-state index in [1.165, 1.54) is 0 Å². The summed E-state index contributed by atoms with van der Waals surface area (Å²) in [5.41, 5.74) is 0.988. The molecule has 1 aromatic rings. The minimum Gasteiger partial charge on any atom is -0.462 e. The van der Waals surface area contributed by atoms with E-state index in [1.807, 2.05) is 37.3 Å². The van der Waals surface area contributed by atoms with Crippen molar-refractivity contribution in [2.45, 2.75) is 56.7 Å². The van der Waals surface area contributed by atoms with Gasteiger partial charge in [0, 0.05) is 12.1 Å². The third-order valence-corrected chi connectivity index (χ3v) is 4.92. The van der Waals surface area contributed by atoms with Crippen LogP contribution in [0, 0.1) is 0 Å². The van der Waals surface area contributed by atoms with Gasteiger partial charge in [0.2, 0.25) is 0 Å². The van der Waals surface area contributed by atoms with E-state index >= 15 is 0 Å². The Balaban J connectivity index is 1.58. The molecule has 3 atom stereocenters. The molecule has 1 radical (unpaired) electrons. The monoisotopic (exact) mass is 298 g/mol. The molecule has 0 amide bonds. The van der Waals surface area contributed by atoms with Gasteiger partial charge in [-0.05, 0) is 38.2 Å². The Morgan fingerprint density at radius 1 is 1.27 bits per heavy atom. The number of ether oxygens (including phenoxy) is 1. The van der Waals surface area contributed by atoms with E-state index in [1.54, 1.807) is 7.41 Å². The van der Waals surface area contributed by atoms with Crippen LogP contribution in [0.25, 0.3) is 0 Å². The second-order valence-electron chi connectivity index (χ2n) is 6.28. The van der Waals surface area contributed by atoms with Crippen LogP contribution in [-0.2, 0) is 14.3 Å². The highest BCUT2D eigenvalue weighted by Crippen LogP contribution is 2.36. The second kappa shape index (κ2) is 6.65. The highest BCUT2D eigenvalue weighted by molar-refractivity contribution is 6.64. The first-order chi connectivity index (χ1) is 10.7. The summed E-state index contributed by atoms with van der Waals surface area (Å²) in [5.74, 6) is -0.387. The summed E-state index contributed by atoms with van der Waals surface area (Å²) < 4.78 is 5.75. The Labute approximate surface area is 132 Å². The van der Waals surface area contributed by atoms with Crippen LogP contribution in [0.3, 0.4) is 0 Å². The number of benzene rings is 1. The molecule has 2 aliphatic heterocycles. The summed E-state index contributed by atoms with van der Waals surface area (Å²) in [6.45, 7) is 1.89. The molecule has 0 spiro atoms. The van der Waals surface area contributed by atoms with E-state index in [4.69, 9.17) is 4.74 Å². The van der Waals surface area contributed by atoms with E-state index in [9.17, 15) is 9.59 Å². The lowest BCUT2D eigenvalue weighted by Gasteiger charge is -2.37. The number of fused-ring (bicyclic) bond motifs is 2. The molecule has 4 nitrogen and oxygen atoms in total. The van der Waals surface area contributed by atoms with Gasteiger partial charge in [-0.1, -0.05) is 30.3 Å². The van der Waals surface area contributed by atoms with Crippen molar-refractivity contribution in [1.82, 2.24) is 4.81 Å². The molecule has 3 unspecified atom stereocenters. The van der Waals surface area contributed by atoms with Crippen LogP contribution < -0.4 is 0 Å². The Morgan fingerprint density at radius 3 is 2.50 bits per heavy atom. The predicted octanol–water partition coefficient (Wildman–Crippen LogP) is 2.14. The van der Waals surface area contributed by atoms with Gasteiger partial charge in [0.25, 0.3) is 7.41 Å². The van der Waals surface area contributed by atoms with Crippen LogP contribution in [0.5, 0.6) is 0 Å². The molecule has 115 valence electrons. The summed E-state index contributed by atoms with van der Waals surface area (Å²) >= 11 is 0. The van der Waals surface area contributed by atoms with E-state index in [2.05, 4.69) is 4.81 Å². The number of nitrogens with zero attached hydrogens (tertiary/aromatic N) is 1. The van der Waals surface area contributed by atoms with Crippen LogP contribution in [-0.4, -0.2) is 42.6 Å². The fourth-order valence-corrected chi connectivity index (χ4v) is 3.72. The molecule has 2 aliphatic rings. The number of piperidine rings is 1. The second-order valence-corrected chi connectivity index (χ2v) is 6.28. The molecule has 2 saturated heterocycles. The normalized spacial score (nSPS) is 28.9. The van der Waals surface area contributed by atoms with Crippen molar-refractivity contribution in [3.8, 4) is 0 Å². The van der Waals surface area contributed by atoms with Gasteiger partial charge in [0.1, 0.15) is 6.10 Å². The Hall–Kier alpha value is -1.62. The number of rotatable bonds is 5. The smallest absolute Gasteiger partial charge is 0.313 e. The fraction of sp³-hybridized carbons (Fsp3) is 0.529. The van der Waals surface area contributed by atoms with Gasteiger partial charge in [-0.2, -0.15) is 0 Å². The quantitative estimate of drug-likeness (QED) is 0.475. The van der Waals surface area contributed by atoms with Crippen molar-refractivity contribution in [1.29, 1.82) is 0 Å². The molecular formula is C17H21BNO3. The van der Waals surface area contributed by atoms with Crippen molar-refractivity contribution < 1.29 is 14.3 Å². The average molecular weight is 298 g/mol. The van der Waals surface area contributed by atoms with Crippen molar-refractivity contribution >= 4 is 19.6 Å². The van der Waals surface area contributed by atoms with E-state index in [0.29, 0.717) is 12.1 Å². The van der Waals surface area contributed by atoms with Crippen LogP contribution in [0.15, 0.2) is 30.3 Å². The zero-order chi connectivity index (χ0) is 15.5. The van der Waals surface area contributed by atoms with Gasteiger partial charge in [-0.15, -0.1) is 0 Å². The molecule has 2 fully saturated rings. The number of hydrogen-bond donors (Lipinski definition) is 0. The molecular weight excluding hydrogens is 277 g/mol. The summed E-state index contributed by atoms with van der Waals surface area (Å²) in [6, 6.07) is 10.4. The maximum absolute atomic E-state index is 12.4. The molecule has 0 N–H and O–H groups in total. The first-order valence-electron chi connectivity index (χ1n) is 8.00. The zero-order valence-electron chi connectivity index (χ0n) is 12.9. The van der Waals surface area contributed by atoms with Crippen molar-refractivity contribution in [3.63, 3.8) is 0 Å². The maximum atomic E-state index is 12.4. The molecule has 2 bridgehead atoms. The molecule has 22 heavy (non-hydrogen) atoms. The lowest BCUT2D eigenvalue weighted by atomic mass is 9.85. The fourth-order valence-electron chi connectivity index (χ4n) is 3.72. The number of hydrogen-bond acceptors (Lipinski definition) is 4. The largest absolute Gasteiger partial charge is 0.462 e. The van der Waals surface area contributed by atoms with E-state index in [0.717, 1.165) is 37.4 Å². The minimum atomic E-state index is -0.238. The molecule has 3 rings (SSSR count). The van der Waals surface area contributed by atoms with Gasteiger partial charge in [0.15, 0.2) is 0 Å². The lowest BCUT2D eigenvalue weighted by Crippen LogP contribution is -2.48. The van der Waals surface area contributed by atoms with Crippen LogP contribution >= 0.6 is 0 Å². The highest BCUT2D eigenvalue weighted by atomic mass is 16.5.